The van der Waals surface area contributed by atoms with Gasteiger partial charge in [-0.3, -0.25) is 4.90 Å². The Bertz CT molecular complexity index is 755. The van der Waals surface area contributed by atoms with Crippen LogP contribution in [-0.2, 0) is 6.54 Å². The van der Waals surface area contributed by atoms with Crippen molar-refractivity contribution in [1.29, 1.82) is 0 Å². The molecule has 2 aromatic rings. The molecule has 0 saturated carbocycles. The van der Waals surface area contributed by atoms with Crippen molar-refractivity contribution in [2.24, 2.45) is 0 Å². The number of aryl methyl sites for hydroxylation is 1. The molecule has 1 atom stereocenters. The molecule has 1 fully saturated rings. The van der Waals surface area contributed by atoms with E-state index in [0.717, 1.165) is 37.8 Å². The second-order valence-corrected chi connectivity index (χ2v) is 6.81. The lowest BCUT2D eigenvalue weighted by Gasteiger charge is -2.33. The second kappa shape index (κ2) is 7.37. The molecule has 4 rings (SSSR count). The number of ether oxygens (including phenoxy) is 1. The predicted octanol–water partition coefficient (Wildman–Crippen LogP) is 2.41. The molecule has 0 aliphatic carbocycles. The Morgan fingerprint density at radius 3 is 3.12 bits per heavy atom. The van der Waals surface area contributed by atoms with E-state index in [1.54, 1.807) is 0 Å². The molecule has 1 aromatic heterocycles. The van der Waals surface area contributed by atoms with Gasteiger partial charge in [-0.15, -0.1) is 0 Å². The molecule has 25 heavy (non-hydrogen) atoms. The topological polar surface area (TPSA) is 63.4 Å². The molecular weight excluding hydrogens is 316 g/mol. The quantitative estimate of drug-likeness (QED) is 0.902. The number of piperidine rings is 1. The number of rotatable bonds is 5. The van der Waals surface area contributed by atoms with E-state index < -0.39 is 0 Å². The Balaban J connectivity index is 1.30. The summed E-state index contributed by atoms with van der Waals surface area (Å²) in [6, 6.07) is 8.67. The zero-order chi connectivity index (χ0) is 17.1. The Morgan fingerprint density at radius 1 is 1.32 bits per heavy atom. The van der Waals surface area contributed by atoms with Gasteiger partial charge in [0.15, 0.2) is 5.82 Å². The smallest absolute Gasteiger partial charge is 0.223 e. The van der Waals surface area contributed by atoms with Crippen LogP contribution in [-0.4, -0.2) is 47.3 Å². The highest BCUT2D eigenvalue weighted by Gasteiger charge is 2.21. The summed E-state index contributed by atoms with van der Waals surface area (Å²) >= 11 is 0. The first kappa shape index (κ1) is 16.3. The average Bonchev–Trinajstić information content (AvgIpc) is 3.05. The maximum Gasteiger partial charge on any atom is 0.223 e. The van der Waals surface area contributed by atoms with Crippen LogP contribution in [0.3, 0.4) is 0 Å². The molecule has 2 aliphatic rings. The standard InChI is InChI=1S/C19H24N4O2/c1-14-21-19(22-25-14)12-23-8-4-6-17(11-23)20-10-15-9-16-5-2-3-7-18(16)24-13-15/h2-3,5,7,9,17,20H,4,6,8,10-13H2,1H3/t17-/m1/s1. The van der Waals surface area contributed by atoms with Crippen LogP contribution in [0.4, 0.5) is 0 Å². The van der Waals surface area contributed by atoms with Crippen LogP contribution in [0.15, 0.2) is 34.4 Å². The molecule has 6 nitrogen and oxygen atoms in total. The number of hydrogen-bond acceptors (Lipinski definition) is 6. The Labute approximate surface area is 147 Å². The van der Waals surface area contributed by atoms with Crippen LogP contribution in [0.1, 0.15) is 30.1 Å². The van der Waals surface area contributed by atoms with Gasteiger partial charge in [-0.2, -0.15) is 4.98 Å². The number of likely N-dealkylation sites (tertiary alicyclic amines) is 1. The maximum absolute atomic E-state index is 5.83. The van der Waals surface area contributed by atoms with Crippen molar-refractivity contribution in [2.45, 2.75) is 32.4 Å². The van der Waals surface area contributed by atoms with Crippen molar-refractivity contribution >= 4 is 6.08 Å². The van der Waals surface area contributed by atoms with Crippen LogP contribution < -0.4 is 10.1 Å². The Hall–Kier alpha value is -2.18. The summed E-state index contributed by atoms with van der Waals surface area (Å²) in [6.07, 6.45) is 4.63. The van der Waals surface area contributed by atoms with Gasteiger partial charge < -0.3 is 14.6 Å². The fourth-order valence-electron chi connectivity index (χ4n) is 3.51. The molecular formula is C19H24N4O2. The zero-order valence-corrected chi connectivity index (χ0v) is 14.6. The summed E-state index contributed by atoms with van der Waals surface area (Å²) in [5, 5.41) is 7.69. The molecule has 2 aliphatic heterocycles. The lowest BCUT2D eigenvalue weighted by Crippen LogP contribution is -2.46. The van der Waals surface area contributed by atoms with Gasteiger partial charge in [-0.1, -0.05) is 23.4 Å². The van der Waals surface area contributed by atoms with Crippen molar-refractivity contribution in [2.75, 3.05) is 26.2 Å². The number of fused-ring (bicyclic) bond motifs is 1. The molecule has 1 aromatic carbocycles. The van der Waals surface area contributed by atoms with E-state index in [9.17, 15) is 0 Å². The van der Waals surface area contributed by atoms with Crippen molar-refractivity contribution in [3.8, 4) is 5.75 Å². The first-order chi connectivity index (χ1) is 12.3. The number of aromatic nitrogens is 2. The highest BCUT2D eigenvalue weighted by Crippen LogP contribution is 2.25. The fourth-order valence-corrected chi connectivity index (χ4v) is 3.51. The van der Waals surface area contributed by atoms with E-state index in [1.165, 1.54) is 24.0 Å². The van der Waals surface area contributed by atoms with E-state index in [4.69, 9.17) is 9.26 Å². The minimum atomic E-state index is 0.486. The maximum atomic E-state index is 5.83. The third-order valence-corrected chi connectivity index (χ3v) is 4.75. The van der Waals surface area contributed by atoms with E-state index >= 15 is 0 Å². The van der Waals surface area contributed by atoms with Crippen molar-refractivity contribution < 1.29 is 9.26 Å². The van der Waals surface area contributed by atoms with Crippen LogP contribution in [0.2, 0.25) is 0 Å². The van der Waals surface area contributed by atoms with Gasteiger partial charge >= 0.3 is 0 Å². The second-order valence-electron chi connectivity index (χ2n) is 6.81. The van der Waals surface area contributed by atoms with Crippen LogP contribution in [0, 0.1) is 6.92 Å². The molecule has 0 spiro atoms. The summed E-state index contributed by atoms with van der Waals surface area (Å²) in [5.74, 6) is 2.38. The first-order valence-electron chi connectivity index (χ1n) is 8.92. The van der Waals surface area contributed by atoms with Gasteiger partial charge in [0.1, 0.15) is 12.4 Å². The minimum Gasteiger partial charge on any atom is -0.489 e. The zero-order valence-electron chi connectivity index (χ0n) is 14.6. The average molecular weight is 340 g/mol. The van der Waals surface area contributed by atoms with Gasteiger partial charge in [-0.05, 0) is 37.1 Å². The molecule has 3 heterocycles. The predicted molar refractivity (Wildman–Crippen MR) is 95.3 cm³/mol. The Kier molecular flexibility index (Phi) is 4.81. The normalized spacial score (nSPS) is 20.7. The summed E-state index contributed by atoms with van der Waals surface area (Å²) in [7, 11) is 0. The molecule has 1 N–H and O–H groups in total. The molecule has 6 heteroatoms. The van der Waals surface area contributed by atoms with E-state index in [2.05, 4.69) is 32.5 Å². The third-order valence-electron chi connectivity index (χ3n) is 4.75. The summed E-state index contributed by atoms with van der Waals surface area (Å²) in [4.78, 5) is 6.70. The van der Waals surface area contributed by atoms with Gasteiger partial charge in [0, 0.05) is 31.6 Å². The monoisotopic (exact) mass is 340 g/mol. The van der Waals surface area contributed by atoms with Crippen molar-refractivity contribution in [3.63, 3.8) is 0 Å². The lowest BCUT2D eigenvalue weighted by atomic mass is 10.0. The van der Waals surface area contributed by atoms with Crippen LogP contribution in [0.5, 0.6) is 5.75 Å². The first-order valence-corrected chi connectivity index (χ1v) is 8.92. The number of nitrogens with zero attached hydrogens (tertiary/aromatic N) is 3. The van der Waals surface area contributed by atoms with Crippen LogP contribution >= 0.6 is 0 Å². The summed E-state index contributed by atoms with van der Waals surface area (Å²) in [6.45, 7) is 6.23. The lowest BCUT2D eigenvalue weighted by molar-refractivity contribution is 0.179. The number of benzene rings is 1. The van der Waals surface area contributed by atoms with E-state index in [1.807, 2.05) is 25.1 Å². The van der Waals surface area contributed by atoms with Gasteiger partial charge in [0.2, 0.25) is 5.89 Å². The van der Waals surface area contributed by atoms with E-state index in [-0.39, 0.29) is 0 Å². The highest BCUT2D eigenvalue weighted by atomic mass is 16.5. The summed E-state index contributed by atoms with van der Waals surface area (Å²) in [5.41, 5.74) is 2.47. The fraction of sp³-hybridized carbons (Fsp3) is 0.474. The number of nitrogens with one attached hydrogen (secondary N) is 1. The highest BCUT2D eigenvalue weighted by molar-refractivity contribution is 5.62. The van der Waals surface area contributed by atoms with E-state index in [0.29, 0.717) is 18.5 Å². The number of hydrogen-bond donors (Lipinski definition) is 1. The van der Waals surface area contributed by atoms with Crippen molar-refractivity contribution in [1.82, 2.24) is 20.4 Å². The largest absolute Gasteiger partial charge is 0.489 e. The SMILES string of the molecule is Cc1nc(CN2CCC[C@@H](NCC3=Cc4ccccc4OC3)C2)no1. The molecule has 1 saturated heterocycles. The Morgan fingerprint density at radius 2 is 2.24 bits per heavy atom. The van der Waals surface area contributed by atoms with Crippen molar-refractivity contribution in [3.05, 3.63) is 47.1 Å². The molecule has 0 amide bonds. The molecule has 132 valence electrons. The molecule has 0 bridgehead atoms. The van der Waals surface area contributed by atoms with Gasteiger partial charge in [0.05, 0.1) is 6.54 Å². The third kappa shape index (κ3) is 4.08. The van der Waals surface area contributed by atoms with Crippen LogP contribution in [0.25, 0.3) is 6.08 Å². The van der Waals surface area contributed by atoms with Gasteiger partial charge in [-0.25, -0.2) is 0 Å². The minimum absolute atomic E-state index is 0.486. The molecule has 0 radical (unpaired) electrons. The molecule has 0 unspecified atom stereocenters. The number of para-hydroxylation sites is 1. The van der Waals surface area contributed by atoms with Gasteiger partial charge in [0.25, 0.3) is 0 Å². The summed E-state index contributed by atoms with van der Waals surface area (Å²) < 4.78 is 10.9.